The molecule has 2 heteroatoms. The average molecular weight is 205 g/mol. The molecule has 0 unspecified atom stereocenters. The summed E-state index contributed by atoms with van der Waals surface area (Å²) in [5, 5.41) is 9.24. The van der Waals surface area contributed by atoms with Crippen LogP contribution < -0.4 is 4.90 Å². The minimum atomic E-state index is -0.194. The number of hydrogen-bond acceptors (Lipinski definition) is 2. The average Bonchev–Trinajstić information content (AvgIpc) is 2.57. The predicted molar refractivity (Wildman–Crippen MR) is 63.4 cm³/mol. The van der Waals surface area contributed by atoms with Gasteiger partial charge in [-0.2, -0.15) is 0 Å². The SMILES string of the molecule is C[C@@H](O)CCc1ccc2c(c1)CCN2C. The summed E-state index contributed by atoms with van der Waals surface area (Å²) in [6.07, 6.45) is 2.80. The molecule has 1 aromatic rings. The summed E-state index contributed by atoms with van der Waals surface area (Å²) in [6, 6.07) is 6.68. The lowest BCUT2D eigenvalue weighted by molar-refractivity contribution is 0.185. The maximum absolute atomic E-state index is 9.24. The molecule has 1 heterocycles. The highest BCUT2D eigenvalue weighted by Gasteiger charge is 2.15. The normalized spacial score (nSPS) is 16.6. The molecule has 1 aromatic carbocycles. The van der Waals surface area contributed by atoms with Crippen molar-refractivity contribution in [2.45, 2.75) is 32.3 Å². The highest BCUT2D eigenvalue weighted by Crippen LogP contribution is 2.27. The summed E-state index contributed by atoms with van der Waals surface area (Å²) in [5.74, 6) is 0. The minimum absolute atomic E-state index is 0.194. The molecule has 82 valence electrons. The van der Waals surface area contributed by atoms with Crippen LogP contribution in [0.3, 0.4) is 0 Å². The molecule has 2 nitrogen and oxygen atoms in total. The third kappa shape index (κ3) is 2.32. The maximum atomic E-state index is 9.24. The van der Waals surface area contributed by atoms with E-state index in [1.54, 1.807) is 0 Å². The van der Waals surface area contributed by atoms with E-state index in [1.165, 1.54) is 16.8 Å². The number of anilines is 1. The lowest BCUT2D eigenvalue weighted by atomic mass is 10.0. The van der Waals surface area contributed by atoms with Gasteiger partial charge in [0.1, 0.15) is 0 Å². The van der Waals surface area contributed by atoms with E-state index in [-0.39, 0.29) is 6.10 Å². The second kappa shape index (κ2) is 4.23. The molecular weight excluding hydrogens is 186 g/mol. The van der Waals surface area contributed by atoms with Crippen LogP contribution in [0.4, 0.5) is 5.69 Å². The standard InChI is InChI=1S/C13H19NO/c1-10(15)3-4-11-5-6-13-12(9-11)7-8-14(13)2/h5-6,9-10,15H,3-4,7-8H2,1-2H3/t10-/m1/s1. The van der Waals surface area contributed by atoms with Crippen molar-refractivity contribution in [2.24, 2.45) is 0 Å². The van der Waals surface area contributed by atoms with Crippen LogP contribution in [0.5, 0.6) is 0 Å². The van der Waals surface area contributed by atoms with Gasteiger partial charge in [0.15, 0.2) is 0 Å². The van der Waals surface area contributed by atoms with Crippen LogP contribution >= 0.6 is 0 Å². The molecule has 15 heavy (non-hydrogen) atoms. The Kier molecular flexibility index (Phi) is 2.96. The number of benzene rings is 1. The molecule has 0 fully saturated rings. The smallest absolute Gasteiger partial charge is 0.0515 e. The Labute approximate surface area is 91.5 Å². The summed E-state index contributed by atoms with van der Waals surface area (Å²) in [6.45, 7) is 2.98. The quantitative estimate of drug-likeness (QED) is 0.815. The molecule has 0 saturated carbocycles. The summed E-state index contributed by atoms with van der Waals surface area (Å²) >= 11 is 0. The van der Waals surface area contributed by atoms with Crippen LogP contribution in [0.15, 0.2) is 18.2 Å². The van der Waals surface area contributed by atoms with Crippen molar-refractivity contribution in [3.63, 3.8) is 0 Å². The van der Waals surface area contributed by atoms with Crippen molar-refractivity contribution >= 4 is 5.69 Å². The molecule has 1 atom stereocenters. The molecule has 1 aliphatic heterocycles. The van der Waals surface area contributed by atoms with E-state index in [2.05, 4.69) is 30.1 Å². The molecule has 0 aliphatic carbocycles. The first kappa shape index (κ1) is 10.5. The van der Waals surface area contributed by atoms with E-state index in [1.807, 2.05) is 6.92 Å². The zero-order valence-corrected chi connectivity index (χ0v) is 9.53. The van der Waals surface area contributed by atoms with E-state index in [0.717, 1.165) is 25.8 Å². The lowest BCUT2D eigenvalue weighted by Crippen LogP contribution is -2.12. The van der Waals surface area contributed by atoms with Gasteiger partial charge in [-0.05, 0) is 43.4 Å². The van der Waals surface area contributed by atoms with Crippen LogP contribution in [0, 0.1) is 0 Å². The molecule has 0 saturated heterocycles. The van der Waals surface area contributed by atoms with Gasteiger partial charge in [0, 0.05) is 19.3 Å². The molecule has 2 rings (SSSR count). The molecule has 1 N–H and O–H groups in total. The van der Waals surface area contributed by atoms with E-state index in [9.17, 15) is 5.11 Å². The Hall–Kier alpha value is -1.02. The van der Waals surface area contributed by atoms with Gasteiger partial charge in [0.2, 0.25) is 0 Å². The van der Waals surface area contributed by atoms with Gasteiger partial charge in [-0.15, -0.1) is 0 Å². The predicted octanol–water partition coefficient (Wildman–Crippen LogP) is 1.99. The second-order valence-corrected chi connectivity index (χ2v) is 4.52. The Morgan fingerprint density at radius 2 is 2.27 bits per heavy atom. The minimum Gasteiger partial charge on any atom is -0.393 e. The Morgan fingerprint density at radius 3 is 3.00 bits per heavy atom. The Morgan fingerprint density at radius 1 is 1.47 bits per heavy atom. The number of likely N-dealkylation sites (N-methyl/N-ethyl adjacent to an activating group) is 1. The van der Waals surface area contributed by atoms with Gasteiger partial charge in [-0.25, -0.2) is 0 Å². The van der Waals surface area contributed by atoms with E-state index < -0.39 is 0 Å². The van der Waals surface area contributed by atoms with Crippen LogP contribution in [-0.2, 0) is 12.8 Å². The maximum Gasteiger partial charge on any atom is 0.0515 e. The van der Waals surface area contributed by atoms with Crippen LogP contribution in [0.25, 0.3) is 0 Å². The van der Waals surface area contributed by atoms with Crippen LogP contribution in [-0.4, -0.2) is 24.8 Å². The zero-order valence-electron chi connectivity index (χ0n) is 9.53. The number of aryl methyl sites for hydroxylation is 1. The van der Waals surface area contributed by atoms with Crippen molar-refractivity contribution < 1.29 is 5.11 Å². The molecule has 1 aliphatic rings. The molecular formula is C13H19NO. The Balaban J connectivity index is 2.09. The fourth-order valence-electron chi connectivity index (χ4n) is 2.15. The molecule has 0 spiro atoms. The monoisotopic (exact) mass is 205 g/mol. The number of aliphatic hydroxyl groups is 1. The largest absolute Gasteiger partial charge is 0.393 e. The first-order valence-corrected chi connectivity index (χ1v) is 5.68. The summed E-state index contributed by atoms with van der Waals surface area (Å²) in [4.78, 5) is 2.30. The molecule has 0 amide bonds. The third-order valence-electron chi connectivity index (χ3n) is 3.12. The van der Waals surface area contributed by atoms with E-state index >= 15 is 0 Å². The summed E-state index contributed by atoms with van der Waals surface area (Å²) in [7, 11) is 2.14. The number of aliphatic hydroxyl groups excluding tert-OH is 1. The molecule has 0 bridgehead atoms. The van der Waals surface area contributed by atoms with Crippen molar-refractivity contribution in [3.8, 4) is 0 Å². The van der Waals surface area contributed by atoms with Gasteiger partial charge in [0.05, 0.1) is 6.10 Å². The van der Waals surface area contributed by atoms with Gasteiger partial charge in [-0.3, -0.25) is 0 Å². The highest BCUT2D eigenvalue weighted by molar-refractivity contribution is 5.58. The van der Waals surface area contributed by atoms with Gasteiger partial charge < -0.3 is 10.0 Å². The first-order valence-electron chi connectivity index (χ1n) is 5.68. The van der Waals surface area contributed by atoms with Crippen LogP contribution in [0.2, 0.25) is 0 Å². The lowest BCUT2D eigenvalue weighted by Gasteiger charge is -2.12. The number of nitrogens with zero attached hydrogens (tertiary/aromatic N) is 1. The van der Waals surface area contributed by atoms with Crippen molar-refractivity contribution in [2.75, 3.05) is 18.5 Å². The Bertz CT molecular complexity index is 346. The zero-order chi connectivity index (χ0) is 10.8. The van der Waals surface area contributed by atoms with Gasteiger partial charge >= 0.3 is 0 Å². The number of fused-ring (bicyclic) bond motifs is 1. The van der Waals surface area contributed by atoms with Crippen molar-refractivity contribution in [1.29, 1.82) is 0 Å². The second-order valence-electron chi connectivity index (χ2n) is 4.52. The highest BCUT2D eigenvalue weighted by atomic mass is 16.3. The molecule has 0 radical (unpaired) electrons. The summed E-state index contributed by atoms with van der Waals surface area (Å²) in [5.41, 5.74) is 4.18. The number of rotatable bonds is 3. The summed E-state index contributed by atoms with van der Waals surface area (Å²) < 4.78 is 0. The third-order valence-corrected chi connectivity index (χ3v) is 3.12. The fourth-order valence-corrected chi connectivity index (χ4v) is 2.15. The van der Waals surface area contributed by atoms with Gasteiger partial charge in [-0.1, -0.05) is 12.1 Å². The van der Waals surface area contributed by atoms with Crippen molar-refractivity contribution in [3.05, 3.63) is 29.3 Å². The topological polar surface area (TPSA) is 23.5 Å². The van der Waals surface area contributed by atoms with E-state index in [0.29, 0.717) is 0 Å². The number of hydrogen-bond donors (Lipinski definition) is 1. The van der Waals surface area contributed by atoms with E-state index in [4.69, 9.17) is 0 Å². The van der Waals surface area contributed by atoms with Gasteiger partial charge in [0.25, 0.3) is 0 Å². The van der Waals surface area contributed by atoms with Crippen LogP contribution in [0.1, 0.15) is 24.5 Å². The van der Waals surface area contributed by atoms with Crippen molar-refractivity contribution in [1.82, 2.24) is 0 Å². The first-order chi connectivity index (χ1) is 7.16. The fraction of sp³-hybridized carbons (Fsp3) is 0.538. The molecule has 0 aromatic heterocycles.